The Hall–Kier alpha value is -1.10. The Labute approximate surface area is 71.1 Å². The second-order valence-corrected chi connectivity index (χ2v) is 2.73. The summed E-state index contributed by atoms with van der Waals surface area (Å²) < 4.78 is 0. The number of urea groups is 1. The average molecular weight is 171 g/mol. The van der Waals surface area contributed by atoms with Crippen LogP contribution in [0.4, 0.5) is 4.79 Å². The molecule has 0 spiro atoms. The van der Waals surface area contributed by atoms with Gasteiger partial charge >= 0.3 is 6.03 Å². The first kappa shape index (κ1) is 8.99. The standard InChI is InChI=1S/C7H13N3O2/c1-8-3-2-4-10-5-6(11)9-7(10)12/h8H,2-5H2,1H3,(H,9,11,12). The maximum atomic E-state index is 11.0. The van der Waals surface area contributed by atoms with Crippen LogP contribution in [-0.2, 0) is 4.79 Å². The topological polar surface area (TPSA) is 61.4 Å². The van der Waals surface area contributed by atoms with E-state index in [-0.39, 0.29) is 18.5 Å². The molecule has 5 heteroatoms. The number of carbonyl (C=O) groups excluding carboxylic acids is 2. The first-order valence-electron chi connectivity index (χ1n) is 3.97. The van der Waals surface area contributed by atoms with Crippen molar-refractivity contribution in [2.45, 2.75) is 6.42 Å². The van der Waals surface area contributed by atoms with Crippen LogP contribution in [-0.4, -0.2) is 43.5 Å². The predicted molar refractivity (Wildman–Crippen MR) is 43.7 cm³/mol. The summed E-state index contributed by atoms with van der Waals surface area (Å²) in [5.74, 6) is -0.204. The van der Waals surface area contributed by atoms with E-state index in [0.29, 0.717) is 6.54 Å². The number of carbonyl (C=O) groups is 2. The number of hydrogen-bond donors (Lipinski definition) is 2. The Morgan fingerprint density at radius 1 is 1.58 bits per heavy atom. The van der Waals surface area contributed by atoms with E-state index in [2.05, 4.69) is 10.6 Å². The molecule has 3 amide bonds. The van der Waals surface area contributed by atoms with Crippen LogP contribution < -0.4 is 10.6 Å². The lowest BCUT2D eigenvalue weighted by molar-refractivity contribution is -0.118. The molecule has 1 heterocycles. The number of amides is 3. The van der Waals surface area contributed by atoms with Crippen LogP contribution >= 0.6 is 0 Å². The molecule has 1 aliphatic rings. The molecule has 2 N–H and O–H groups in total. The first-order valence-corrected chi connectivity index (χ1v) is 3.97. The van der Waals surface area contributed by atoms with Crippen molar-refractivity contribution in [1.29, 1.82) is 0 Å². The van der Waals surface area contributed by atoms with Crippen LogP contribution in [0.5, 0.6) is 0 Å². The molecule has 68 valence electrons. The van der Waals surface area contributed by atoms with E-state index in [4.69, 9.17) is 0 Å². The van der Waals surface area contributed by atoms with Crippen molar-refractivity contribution < 1.29 is 9.59 Å². The summed E-state index contributed by atoms with van der Waals surface area (Å²) in [6, 6.07) is -0.267. The Bertz CT molecular complexity index is 193. The lowest BCUT2D eigenvalue weighted by Crippen LogP contribution is -2.30. The summed E-state index contributed by atoms with van der Waals surface area (Å²) in [7, 11) is 1.86. The van der Waals surface area contributed by atoms with Crippen LogP contribution in [0.2, 0.25) is 0 Å². The Morgan fingerprint density at radius 2 is 2.33 bits per heavy atom. The van der Waals surface area contributed by atoms with Gasteiger partial charge in [0.15, 0.2) is 0 Å². The average Bonchev–Trinajstić information content (AvgIpc) is 2.31. The van der Waals surface area contributed by atoms with Crippen molar-refractivity contribution in [2.24, 2.45) is 0 Å². The van der Waals surface area contributed by atoms with Crippen molar-refractivity contribution >= 4 is 11.9 Å². The van der Waals surface area contributed by atoms with Crippen molar-refractivity contribution in [3.8, 4) is 0 Å². The van der Waals surface area contributed by atoms with Gasteiger partial charge in [0.05, 0.1) is 0 Å². The molecule has 1 rings (SSSR count). The molecule has 0 saturated carbocycles. The van der Waals surface area contributed by atoms with Crippen LogP contribution in [0.1, 0.15) is 6.42 Å². The van der Waals surface area contributed by atoms with E-state index in [1.165, 1.54) is 4.90 Å². The van der Waals surface area contributed by atoms with Gasteiger partial charge in [-0.2, -0.15) is 0 Å². The van der Waals surface area contributed by atoms with Crippen molar-refractivity contribution in [3.05, 3.63) is 0 Å². The molecule has 0 aromatic heterocycles. The highest BCUT2D eigenvalue weighted by molar-refractivity contribution is 6.01. The molecule has 0 aromatic carbocycles. The Balaban J connectivity index is 2.24. The van der Waals surface area contributed by atoms with Gasteiger partial charge in [0.1, 0.15) is 6.54 Å². The molecule has 12 heavy (non-hydrogen) atoms. The van der Waals surface area contributed by atoms with Crippen molar-refractivity contribution in [3.63, 3.8) is 0 Å². The number of rotatable bonds is 4. The molecular weight excluding hydrogens is 158 g/mol. The van der Waals surface area contributed by atoms with Crippen LogP contribution in [0.25, 0.3) is 0 Å². The highest BCUT2D eigenvalue weighted by Crippen LogP contribution is 1.98. The largest absolute Gasteiger partial charge is 0.324 e. The third kappa shape index (κ3) is 2.20. The first-order chi connectivity index (χ1) is 5.74. The predicted octanol–water partition coefficient (Wildman–Crippen LogP) is -0.852. The fourth-order valence-corrected chi connectivity index (χ4v) is 1.11. The monoisotopic (exact) mass is 171 g/mol. The molecule has 0 unspecified atom stereocenters. The number of imide groups is 1. The van der Waals surface area contributed by atoms with E-state index < -0.39 is 0 Å². The van der Waals surface area contributed by atoms with Gasteiger partial charge in [-0.15, -0.1) is 0 Å². The summed E-state index contributed by atoms with van der Waals surface area (Å²) in [5, 5.41) is 5.20. The smallest absolute Gasteiger partial charge is 0.320 e. The maximum absolute atomic E-state index is 11.0. The van der Waals surface area contributed by atoms with Crippen LogP contribution in [0.15, 0.2) is 0 Å². The zero-order valence-electron chi connectivity index (χ0n) is 7.09. The molecule has 5 nitrogen and oxygen atoms in total. The molecule has 0 aromatic rings. The molecular formula is C7H13N3O2. The van der Waals surface area contributed by atoms with E-state index in [1.54, 1.807) is 0 Å². The molecule has 0 atom stereocenters. The molecule has 0 radical (unpaired) electrons. The van der Waals surface area contributed by atoms with Gasteiger partial charge in [-0.05, 0) is 20.0 Å². The fraction of sp³-hybridized carbons (Fsp3) is 0.714. The number of hydrogen-bond acceptors (Lipinski definition) is 3. The van der Waals surface area contributed by atoms with Crippen LogP contribution in [0, 0.1) is 0 Å². The quantitative estimate of drug-likeness (QED) is 0.428. The second kappa shape index (κ2) is 4.06. The zero-order valence-corrected chi connectivity index (χ0v) is 7.09. The van der Waals surface area contributed by atoms with Gasteiger partial charge in [-0.3, -0.25) is 10.1 Å². The van der Waals surface area contributed by atoms with Gasteiger partial charge < -0.3 is 10.2 Å². The third-order valence-corrected chi connectivity index (χ3v) is 1.72. The van der Waals surface area contributed by atoms with Gasteiger partial charge in [0.25, 0.3) is 0 Å². The summed E-state index contributed by atoms with van der Waals surface area (Å²) in [6.07, 6.45) is 0.872. The zero-order chi connectivity index (χ0) is 8.97. The normalized spacial score (nSPS) is 16.9. The maximum Gasteiger partial charge on any atom is 0.324 e. The lowest BCUT2D eigenvalue weighted by atomic mass is 10.4. The molecule has 1 aliphatic heterocycles. The van der Waals surface area contributed by atoms with E-state index in [1.807, 2.05) is 7.05 Å². The van der Waals surface area contributed by atoms with E-state index in [0.717, 1.165) is 13.0 Å². The second-order valence-electron chi connectivity index (χ2n) is 2.73. The third-order valence-electron chi connectivity index (χ3n) is 1.72. The van der Waals surface area contributed by atoms with Crippen molar-refractivity contribution in [1.82, 2.24) is 15.5 Å². The summed E-state index contributed by atoms with van der Waals surface area (Å²) in [5.41, 5.74) is 0. The van der Waals surface area contributed by atoms with Crippen molar-refractivity contribution in [2.75, 3.05) is 26.7 Å². The SMILES string of the molecule is CNCCCN1CC(=O)NC1=O. The summed E-state index contributed by atoms with van der Waals surface area (Å²) in [4.78, 5) is 23.2. The summed E-state index contributed by atoms with van der Waals surface area (Å²) >= 11 is 0. The summed E-state index contributed by atoms with van der Waals surface area (Å²) in [6.45, 7) is 1.71. The highest BCUT2D eigenvalue weighted by atomic mass is 16.2. The highest BCUT2D eigenvalue weighted by Gasteiger charge is 2.25. The minimum Gasteiger partial charge on any atom is -0.320 e. The van der Waals surface area contributed by atoms with Crippen LogP contribution in [0.3, 0.4) is 0 Å². The molecule has 1 fully saturated rings. The number of nitrogens with zero attached hydrogens (tertiary/aromatic N) is 1. The fourth-order valence-electron chi connectivity index (χ4n) is 1.11. The van der Waals surface area contributed by atoms with Gasteiger partial charge in [-0.1, -0.05) is 0 Å². The van der Waals surface area contributed by atoms with E-state index >= 15 is 0 Å². The molecule has 0 aliphatic carbocycles. The van der Waals surface area contributed by atoms with Gasteiger partial charge in [0.2, 0.25) is 5.91 Å². The lowest BCUT2D eigenvalue weighted by Gasteiger charge is -2.11. The number of nitrogens with one attached hydrogen (secondary N) is 2. The molecule has 1 saturated heterocycles. The van der Waals surface area contributed by atoms with E-state index in [9.17, 15) is 9.59 Å². The minimum absolute atomic E-state index is 0.204. The Morgan fingerprint density at radius 3 is 2.83 bits per heavy atom. The van der Waals surface area contributed by atoms with Gasteiger partial charge in [-0.25, -0.2) is 4.79 Å². The van der Waals surface area contributed by atoms with Gasteiger partial charge in [0, 0.05) is 6.54 Å². The Kier molecular flexibility index (Phi) is 3.04. The minimum atomic E-state index is -0.267. The molecule has 0 bridgehead atoms.